The van der Waals surface area contributed by atoms with Gasteiger partial charge < -0.3 is 20.4 Å². The minimum atomic E-state index is -4.46. The normalized spacial score (nSPS) is 13.1. The molecule has 0 spiro atoms. The molecule has 6 nitrogen and oxygen atoms in total. The number of carbonyl (C=O) groups is 2. The van der Waals surface area contributed by atoms with Crippen LogP contribution in [0.1, 0.15) is 34.3 Å². The van der Waals surface area contributed by atoms with E-state index in [-0.39, 0.29) is 24.2 Å². The van der Waals surface area contributed by atoms with Gasteiger partial charge in [-0.15, -0.1) is 0 Å². The van der Waals surface area contributed by atoms with E-state index in [0.717, 1.165) is 36.2 Å². The van der Waals surface area contributed by atoms with Crippen LogP contribution in [0.4, 0.5) is 39.4 Å². The van der Waals surface area contributed by atoms with Crippen molar-refractivity contribution >= 4 is 29.0 Å². The summed E-state index contributed by atoms with van der Waals surface area (Å²) in [6, 6.07) is 14.3. The Bertz CT molecular complexity index is 1270. The molecule has 1 saturated carbocycles. The van der Waals surface area contributed by atoms with Crippen molar-refractivity contribution in [3.63, 3.8) is 0 Å². The monoisotopic (exact) mass is 514 g/mol. The third-order valence-corrected chi connectivity index (χ3v) is 5.97. The minimum Gasteiger partial charge on any atom is -0.377 e. The van der Waals surface area contributed by atoms with Gasteiger partial charge in [0.25, 0.3) is 5.91 Å². The maximum absolute atomic E-state index is 13.3. The molecular formula is C27H26F4N4O2. The Morgan fingerprint density at radius 1 is 0.892 bits per heavy atom. The largest absolute Gasteiger partial charge is 0.416 e. The van der Waals surface area contributed by atoms with Crippen LogP contribution in [-0.2, 0) is 12.7 Å². The average Bonchev–Trinajstić information content (AvgIpc) is 3.67. The number of hydrogen-bond acceptors (Lipinski definition) is 3. The lowest BCUT2D eigenvalue weighted by Gasteiger charge is -2.26. The van der Waals surface area contributed by atoms with Gasteiger partial charge in [0, 0.05) is 49.3 Å². The van der Waals surface area contributed by atoms with Gasteiger partial charge in [-0.2, -0.15) is 13.2 Å². The molecule has 1 aliphatic rings. The standard InChI is InChI=1S/C27H26F4N4O2/c1-34(2)24-14-11-22(33-26(37)32-21-9-5-19(6-10-21)27(29,30)31)15-18(24)16-35(23-12-13-23)25(36)17-3-7-20(28)8-4-17/h3-11,14-15,23H,12-13,16H2,1-2H3,(H2,32,33,37). The van der Waals surface area contributed by atoms with Crippen LogP contribution < -0.4 is 15.5 Å². The molecule has 0 saturated heterocycles. The van der Waals surface area contributed by atoms with Crippen molar-refractivity contribution in [3.8, 4) is 0 Å². The van der Waals surface area contributed by atoms with Gasteiger partial charge in [0.2, 0.25) is 0 Å². The second-order valence-corrected chi connectivity index (χ2v) is 9.06. The number of hydrogen-bond donors (Lipinski definition) is 2. The molecule has 0 atom stereocenters. The third kappa shape index (κ3) is 6.58. The Morgan fingerprint density at radius 3 is 2.05 bits per heavy atom. The van der Waals surface area contributed by atoms with Crippen molar-refractivity contribution in [2.24, 2.45) is 0 Å². The van der Waals surface area contributed by atoms with Gasteiger partial charge in [-0.1, -0.05) is 0 Å². The van der Waals surface area contributed by atoms with Crippen molar-refractivity contribution in [2.45, 2.75) is 31.6 Å². The molecule has 0 aromatic heterocycles. The minimum absolute atomic E-state index is 0.0761. The van der Waals surface area contributed by atoms with Crippen molar-refractivity contribution in [1.29, 1.82) is 0 Å². The van der Waals surface area contributed by atoms with Gasteiger partial charge in [-0.05, 0) is 85.1 Å². The molecule has 3 amide bonds. The predicted molar refractivity (Wildman–Crippen MR) is 134 cm³/mol. The molecule has 2 N–H and O–H groups in total. The summed E-state index contributed by atoms with van der Waals surface area (Å²) >= 11 is 0. The topological polar surface area (TPSA) is 64.7 Å². The average molecular weight is 515 g/mol. The molecule has 0 bridgehead atoms. The van der Waals surface area contributed by atoms with Gasteiger partial charge >= 0.3 is 12.2 Å². The Labute approximate surface area is 211 Å². The van der Waals surface area contributed by atoms with E-state index in [1.54, 1.807) is 17.0 Å². The van der Waals surface area contributed by atoms with E-state index in [4.69, 9.17) is 0 Å². The zero-order valence-corrected chi connectivity index (χ0v) is 20.3. The molecule has 37 heavy (non-hydrogen) atoms. The first kappa shape index (κ1) is 26.0. The fraction of sp³-hybridized carbons (Fsp3) is 0.259. The molecule has 1 aliphatic carbocycles. The number of halogens is 4. The van der Waals surface area contributed by atoms with E-state index in [1.807, 2.05) is 25.1 Å². The zero-order valence-electron chi connectivity index (χ0n) is 20.3. The maximum atomic E-state index is 13.3. The fourth-order valence-electron chi connectivity index (χ4n) is 3.96. The van der Waals surface area contributed by atoms with Crippen molar-refractivity contribution in [1.82, 2.24) is 4.90 Å². The van der Waals surface area contributed by atoms with E-state index in [0.29, 0.717) is 11.3 Å². The second kappa shape index (κ2) is 10.5. The molecule has 4 rings (SSSR count). The number of anilines is 3. The molecule has 0 heterocycles. The molecule has 1 fully saturated rings. The van der Waals surface area contributed by atoms with Crippen LogP contribution >= 0.6 is 0 Å². The highest BCUT2D eigenvalue weighted by Crippen LogP contribution is 2.33. The predicted octanol–water partition coefficient (Wildman–Crippen LogP) is 6.36. The fourth-order valence-corrected chi connectivity index (χ4v) is 3.96. The lowest BCUT2D eigenvalue weighted by atomic mass is 10.1. The smallest absolute Gasteiger partial charge is 0.377 e. The molecule has 0 radical (unpaired) electrons. The van der Waals surface area contributed by atoms with Crippen LogP contribution in [0.3, 0.4) is 0 Å². The maximum Gasteiger partial charge on any atom is 0.416 e. The van der Waals surface area contributed by atoms with Crippen LogP contribution in [0.25, 0.3) is 0 Å². The third-order valence-electron chi connectivity index (χ3n) is 5.97. The van der Waals surface area contributed by atoms with E-state index in [2.05, 4.69) is 10.6 Å². The van der Waals surface area contributed by atoms with E-state index >= 15 is 0 Å². The molecule has 194 valence electrons. The Kier molecular flexibility index (Phi) is 7.37. The summed E-state index contributed by atoms with van der Waals surface area (Å²) in [7, 11) is 3.74. The number of alkyl halides is 3. The first-order valence-electron chi connectivity index (χ1n) is 11.6. The van der Waals surface area contributed by atoms with E-state index < -0.39 is 23.6 Å². The summed E-state index contributed by atoms with van der Waals surface area (Å²) in [6.45, 7) is 0.282. The molecule has 3 aromatic carbocycles. The molecular weight excluding hydrogens is 488 g/mol. The van der Waals surface area contributed by atoms with Crippen molar-refractivity contribution < 1.29 is 27.2 Å². The Balaban J connectivity index is 1.50. The van der Waals surface area contributed by atoms with Crippen LogP contribution in [-0.4, -0.2) is 37.0 Å². The van der Waals surface area contributed by atoms with E-state index in [9.17, 15) is 27.2 Å². The number of carbonyl (C=O) groups excluding carboxylic acids is 2. The second-order valence-electron chi connectivity index (χ2n) is 9.06. The zero-order chi connectivity index (χ0) is 26.7. The SMILES string of the molecule is CN(C)c1ccc(NC(=O)Nc2ccc(C(F)(F)F)cc2)cc1CN(C(=O)c1ccc(F)cc1)C1CC1. The lowest BCUT2D eigenvalue weighted by molar-refractivity contribution is -0.137. The summed E-state index contributed by atoms with van der Waals surface area (Å²) in [6.07, 6.45) is -2.72. The number of nitrogens with zero attached hydrogens (tertiary/aromatic N) is 2. The van der Waals surface area contributed by atoms with Gasteiger partial charge in [-0.25, -0.2) is 9.18 Å². The summed E-state index contributed by atoms with van der Waals surface area (Å²) in [4.78, 5) is 29.4. The number of amides is 3. The molecule has 10 heteroatoms. The number of urea groups is 1. The Hall–Kier alpha value is -4.08. The van der Waals surface area contributed by atoms with Crippen LogP contribution in [0, 0.1) is 5.82 Å². The van der Waals surface area contributed by atoms with E-state index in [1.165, 1.54) is 36.4 Å². The van der Waals surface area contributed by atoms with Crippen molar-refractivity contribution in [3.05, 3.63) is 89.2 Å². The summed E-state index contributed by atoms with van der Waals surface area (Å²) in [5, 5.41) is 5.21. The highest BCUT2D eigenvalue weighted by molar-refractivity contribution is 6.00. The lowest BCUT2D eigenvalue weighted by Crippen LogP contribution is -2.33. The van der Waals surface area contributed by atoms with Crippen molar-refractivity contribution in [2.75, 3.05) is 29.6 Å². The van der Waals surface area contributed by atoms with Crippen LogP contribution in [0.15, 0.2) is 66.7 Å². The first-order chi connectivity index (χ1) is 17.5. The molecule has 0 aliphatic heterocycles. The molecule has 3 aromatic rings. The van der Waals surface area contributed by atoms with Gasteiger partial charge in [-0.3, -0.25) is 4.79 Å². The van der Waals surface area contributed by atoms with Gasteiger partial charge in [0.15, 0.2) is 0 Å². The molecule has 0 unspecified atom stereocenters. The summed E-state index contributed by atoms with van der Waals surface area (Å²) < 4.78 is 51.6. The first-order valence-corrected chi connectivity index (χ1v) is 11.6. The highest BCUT2D eigenvalue weighted by atomic mass is 19.4. The summed E-state index contributed by atoms with van der Waals surface area (Å²) in [5.74, 6) is -0.622. The highest BCUT2D eigenvalue weighted by Gasteiger charge is 2.34. The number of rotatable bonds is 7. The Morgan fingerprint density at radius 2 is 1.49 bits per heavy atom. The van der Waals surface area contributed by atoms with Gasteiger partial charge in [0.1, 0.15) is 5.82 Å². The number of nitrogens with one attached hydrogen (secondary N) is 2. The number of benzene rings is 3. The quantitative estimate of drug-likeness (QED) is 0.361. The van der Waals surface area contributed by atoms with Crippen LogP contribution in [0.2, 0.25) is 0 Å². The van der Waals surface area contributed by atoms with Crippen LogP contribution in [0.5, 0.6) is 0 Å². The van der Waals surface area contributed by atoms with Gasteiger partial charge in [0.05, 0.1) is 5.56 Å². The summed E-state index contributed by atoms with van der Waals surface area (Å²) in [5.41, 5.74) is 1.89.